The number of hydrogen-bond donors (Lipinski definition) is 1. The van der Waals surface area contributed by atoms with E-state index < -0.39 is 0 Å². The number of ether oxygens (including phenoxy) is 2. The molecule has 1 aliphatic heterocycles. The molecule has 1 aromatic heterocycles. The molecule has 7 nitrogen and oxygen atoms in total. The molecule has 2 N–H and O–H groups in total. The smallest absolute Gasteiger partial charge is 0.323 e. The fourth-order valence-electron chi connectivity index (χ4n) is 2.10. The molecular weight excluding hydrogens is 246 g/mol. The molecule has 1 aromatic rings. The lowest BCUT2D eigenvalue weighted by Gasteiger charge is -2.26. The molecular formula is C12H21N5O2. The number of piperidine rings is 1. The Morgan fingerprint density at radius 1 is 1.21 bits per heavy atom. The van der Waals surface area contributed by atoms with Crippen molar-refractivity contribution in [2.45, 2.75) is 32.3 Å². The van der Waals surface area contributed by atoms with Gasteiger partial charge in [-0.05, 0) is 26.2 Å². The summed E-state index contributed by atoms with van der Waals surface area (Å²) in [6.07, 6.45) is 3.44. The minimum Gasteiger partial charge on any atom is -0.458 e. The van der Waals surface area contributed by atoms with Gasteiger partial charge in [0.25, 0.3) is 0 Å². The highest BCUT2D eigenvalue weighted by Gasteiger charge is 2.16. The molecule has 1 saturated heterocycles. The minimum absolute atomic E-state index is 0.124. The Morgan fingerprint density at radius 3 is 2.63 bits per heavy atom. The van der Waals surface area contributed by atoms with Crippen molar-refractivity contribution in [2.24, 2.45) is 0 Å². The number of aromatic nitrogens is 3. The van der Waals surface area contributed by atoms with Gasteiger partial charge in [0.2, 0.25) is 11.9 Å². The van der Waals surface area contributed by atoms with E-state index in [-0.39, 0.29) is 18.1 Å². The molecule has 1 aliphatic rings. The van der Waals surface area contributed by atoms with Crippen molar-refractivity contribution >= 4 is 11.9 Å². The maximum Gasteiger partial charge on any atom is 0.323 e. The summed E-state index contributed by atoms with van der Waals surface area (Å²) in [7, 11) is 1.63. The molecule has 7 heteroatoms. The molecule has 1 atom stereocenters. The van der Waals surface area contributed by atoms with Crippen LogP contribution in [0, 0.1) is 0 Å². The van der Waals surface area contributed by atoms with Gasteiger partial charge in [0.05, 0.1) is 6.61 Å². The predicted molar refractivity (Wildman–Crippen MR) is 72.3 cm³/mol. The lowest BCUT2D eigenvalue weighted by Crippen LogP contribution is -2.31. The third kappa shape index (κ3) is 3.92. The van der Waals surface area contributed by atoms with Crippen LogP contribution in [0.25, 0.3) is 0 Å². The summed E-state index contributed by atoms with van der Waals surface area (Å²) >= 11 is 0. The Balaban J connectivity index is 2.09. The summed E-state index contributed by atoms with van der Waals surface area (Å²) in [5.74, 6) is 0.794. The average Bonchev–Trinajstić information content (AvgIpc) is 2.39. The highest BCUT2D eigenvalue weighted by atomic mass is 16.5. The van der Waals surface area contributed by atoms with Crippen LogP contribution in [0.5, 0.6) is 6.01 Å². The van der Waals surface area contributed by atoms with E-state index in [1.807, 2.05) is 6.92 Å². The molecule has 1 fully saturated rings. The highest BCUT2D eigenvalue weighted by molar-refractivity contribution is 5.36. The van der Waals surface area contributed by atoms with Crippen molar-refractivity contribution < 1.29 is 9.47 Å². The zero-order valence-corrected chi connectivity index (χ0v) is 11.5. The molecule has 2 rings (SSSR count). The number of rotatable bonds is 5. The number of nitrogen functional groups attached to an aromatic ring is 1. The normalized spacial score (nSPS) is 17.3. The van der Waals surface area contributed by atoms with Crippen molar-refractivity contribution in [3.63, 3.8) is 0 Å². The van der Waals surface area contributed by atoms with Crippen LogP contribution < -0.4 is 15.4 Å². The van der Waals surface area contributed by atoms with Gasteiger partial charge in [0, 0.05) is 20.2 Å². The first kappa shape index (κ1) is 13.8. The van der Waals surface area contributed by atoms with Gasteiger partial charge >= 0.3 is 6.01 Å². The second-order valence-corrected chi connectivity index (χ2v) is 4.71. The quantitative estimate of drug-likeness (QED) is 0.846. The Bertz CT molecular complexity index is 409. The van der Waals surface area contributed by atoms with E-state index in [4.69, 9.17) is 15.2 Å². The summed E-state index contributed by atoms with van der Waals surface area (Å²) in [5, 5.41) is 0. The van der Waals surface area contributed by atoms with Crippen LogP contribution in [0.3, 0.4) is 0 Å². The van der Waals surface area contributed by atoms with Gasteiger partial charge in [-0.15, -0.1) is 0 Å². The van der Waals surface area contributed by atoms with Crippen molar-refractivity contribution in [3.05, 3.63) is 0 Å². The molecule has 0 aliphatic carbocycles. The SMILES string of the molecule is COCC(C)Oc1nc(N)nc(N2CCCCC2)n1. The maximum atomic E-state index is 5.72. The lowest BCUT2D eigenvalue weighted by molar-refractivity contribution is 0.0855. The van der Waals surface area contributed by atoms with Crippen LogP contribution in [0.2, 0.25) is 0 Å². The first-order valence-electron chi connectivity index (χ1n) is 6.61. The van der Waals surface area contributed by atoms with Crippen LogP contribution in [0.1, 0.15) is 26.2 Å². The molecule has 0 radical (unpaired) electrons. The number of nitrogens with two attached hydrogens (primary N) is 1. The fourth-order valence-corrected chi connectivity index (χ4v) is 2.10. The monoisotopic (exact) mass is 267 g/mol. The number of nitrogens with zero attached hydrogens (tertiary/aromatic N) is 4. The molecule has 106 valence electrons. The zero-order valence-electron chi connectivity index (χ0n) is 11.5. The lowest BCUT2D eigenvalue weighted by atomic mass is 10.1. The van der Waals surface area contributed by atoms with Crippen molar-refractivity contribution in [1.29, 1.82) is 0 Å². The Kier molecular flexibility index (Phi) is 4.73. The van der Waals surface area contributed by atoms with E-state index in [0.717, 1.165) is 25.9 Å². The summed E-state index contributed by atoms with van der Waals surface area (Å²) in [5.41, 5.74) is 5.72. The second kappa shape index (κ2) is 6.51. The minimum atomic E-state index is -0.124. The van der Waals surface area contributed by atoms with E-state index in [1.165, 1.54) is 6.42 Å². The van der Waals surface area contributed by atoms with Crippen molar-refractivity contribution in [3.8, 4) is 6.01 Å². The maximum absolute atomic E-state index is 5.72. The van der Waals surface area contributed by atoms with E-state index in [9.17, 15) is 0 Å². The first-order chi connectivity index (χ1) is 9.19. The van der Waals surface area contributed by atoms with E-state index in [1.54, 1.807) is 7.11 Å². The summed E-state index contributed by atoms with van der Waals surface area (Å²) in [6.45, 7) is 4.28. The molecule has 0 spiro atoms. The predicted octanol–water partition coefficient (Wildman–Crippen LogP) is 0.858. The number of hydrogen-bond acceptors (Lipinski definition) is 7. The van der Waals surface area contributed by atoms with E-state index >= 15 is 0 Å². The fraction of sp³-hybridized carbons (Fsp3) is 0.750. The van der Waals surface area contributed by atoms with Gasteiger partial charge in [0.15, 0.2) is 0 Å². The molecule has 19 heavy (non-hydrogen) atoms. The molecule has 0 aromatic carbocycles. The third-order valence-corrected chi connectivity index (χ3v) is 2.97. The Hall–Kier alpha value is -1.63. The molecule has 2 heterocycles. The highest BCUT2D eigenvalue weighted by Crippen LogP contribution is 2.18. The van der Waals surface area contributed by atoms with Crippen LogP contribution in [0.4, 0.5) is 11.9 Å². The summed E-state index contributed by atoms with van der Waals surface area (Å²) < 4.78 is 10.6. The van der Waals surface area contributed by atoms with Crippen LogP contribution >= 0.6 is 0 Å². The third-order valence-electron chi connectivity index (χ3n) is 2.97. The molecule has 1 unspecified atom stereocenters. The molecule has 0 amide bonds. The topological polar surface area (TPSA) is 86.4 Å². The largest absolute Gasteiger partial charge is 0.458 e. The van der Waals surface area contributed by atoms with Gasteiger partial charge in [0.1, 0.15) is 6.10 Å². The Morgan fingerprint density at radius 2 is 1.95 bits per heavy atom. The zero-order chi connectivity index (χ0) is 13.7. The van der Waals surface area contributed by atoms with Crippen molar-refractivity contribution in [2.75, 3.05) is 37.4 Å². The Labute approximate surface area is 113 Å². The summed E-state index contributed by atoms with van der Waals surface area (Å²) in [6, 6.07) is 0.262. The van der Waals surface area contributed by atoms with Gasteiger partial charge in [-0.1, -0.05) is 0 Å². The first-order valence-corrected chi connectivity index (χ1v) is 6.61. The van der Waals surface area contributed by atoms with Gasteiger partial charge < -0.3 is 20.1 Å². The second-order valence-electron chi connectivity index (χ2n) is 4.71. The number of anilines is 2. The standard InChI is InChI=1S/C12H21N5O2/c1-9(8-18-2)19-12-15-10(13)14-11(16-12)17-6-4-3-5-7-17/h9H,3-8H2,1-2H3,(H2,13,14,15,16). The van der Waals surface area contributed by atoms with Gasteiger partial charge in [-0.2, -0.15) is 15.0 Å². The van der Waals surface area contributed by atoms with Gasteiger partial charge in [-0.3, -0.25) is 0 Å². The average molecular weight is 267 g/mol. The number of methoxy groups -OCH3 is 1. The van der Waals surface area contributed by atoms with E-state index in [0.29, 0.717) is 12.6 Å². The molecule has 0 saturated carbocycles. The molecule has 0 bridgehead atoms. The van der Waals surface area contributed by atoms with Crippen LogP contribution in [-0.4, -0.2) is 47.9 Å². The van der Waals surface area contributed by atoms with Crippen LogP contribution in [0.15, 0.2) is 0 Å². The van der Waals surface area contributed by atoms with Crippen molar-refractivity contribution in [1.82, 2.24) is 15.0 Å². The summed E-state index contributed by atoms with van der Waals surface area (Å²) in [4.78, 5) is 14.6. The van der Waals surface area contributed by atoms with E-state index in [2.05, 4.69) is 19.9 Å². The van der Waals surface area contributed by atoms with Crippen LogP contribution in [-0.2, 0) is 4.74 Å². The van der Waals surface area contributed by atoms with Gasteiger partial charge in [-0.25, -0.2) is 0 Å².